The van der Waals surface area contributed by atoms with Gasteiger partial charge in [0.15, 0.2) is 4.80 Å². The average Bonchev–Trinajstić information content (AvgIpc) is 3.25. The monoisotopic (exact) mass is 634 g/mol. The quantitative estimate of drug-likeness (QED) is 0.224. The number of phenols is 1. The number of carbonyl (C=O) groups is 1. The fourth-order valence-electron chi connectivity index (χ4n) is 4.52. The SMILES string of the molecule is CCOc1ccc([C@@H]2C(C(=O)Nc3ccccc3)=C(C)N=c3s/c(=C\c4cc([N+](=O)[O-])cc(Br)c4O)c(=O)n32)cc1. The van der Waals surface area contributed by atoms with E-state index < -0.39 is 22.4 Å². The summed E-state index contributed by atoms with van der Waals surface area (Å²) in [4.78, 5) is 43.3. The standard InChI is InChI=1S/C29H23BrN4O6S/c1-3-40-21-11-9-17(10-12-21)25-24(27(36)32-19-7-5-4-6-8-19)16(2)31-29-33(25)28(37)23(41-29)14-18-13-20(34(38)39)15-22(30)26(18)35/h4-15,25,35H,3H2,1-2H3,(H,32,36)/b23-14-/t25-/m1/s1. The van der Waals surface area contributed by atoms with Gasteiger partial charge in [-0.15, -0.1) is 0 Å². The molecule has 0 saturated heterocycles. The molecule has 4 aromatic rings. The van der Waals surface area contributed by atoms with Gasteiger partial charge < -0.3 is 15.2 Å². The molecule has 2 heterocycles. The number of rotatable bonds is 7. The number of hydrogen-bond donors (Lipinski definition) is 2. The third kappa shape index (κ3) is 5.56. The van der Waals surface area contributed by atoms with Gasteiger partial charge in [0.25, 0.3) is 17.2 Å². The van der Waals surface area contributed by atoms with Crippen molar-refractivity contribution >= 4 is 50.6 Å². The van der Waals surface area contributed by atoms with Crippen LogP contribution in [0.25, 0.3) is 6.08 Å². The van der Waals surface area contributed by atoms with Crippen molar-refractivity contribution in [3.05, 3.63) is 123 Å². The molecule has 0 bridgehead atoms. The van der Waals surface area contributed by atoms with E-state index in [0.29, 0.717) is 34.1 Å². The molecular weight excluding hydrogens is 612 g/mol. The Morgan fingerprint density at radius 2 is 1.93 bits per heavy atom. The summed E-state index contributed by atoms with van der Waals surface area (Å²) in [6, 6.07) is 17.7. The number of aromatic hydroxyl groups is 1. The lowest BCUT2D eigenvalue weighted by molar-refractivity contribution is -0.385. The fraction of sp³-hybridized carbons (Fsp3) is 0.138. The number of nitrogens with zero attached hydrogens (tertiary/aromatic N) is 3. The molecule has 0 unspecified atom stereocenters. The van der Waals surface area contributed by atoms with E-state index in [-0.39, 0.29) is 31.6 Å². The van der Waals surface area contributed by atoms with Crippen LogP contribution in [0.15, 0.2) is 92.3 Å². The van der Waals surface area contributed by atoms with E-state index >= 15 is 0 Å². The van der Waals surface area contributed by atoms with Gasteiger partial charge >= 0.3 is 0 Å². The third-order valence-electron chi connectivity index (χ3n) is 6.38. The zero-order valence-electron chi connectivity index (χ0n) is 21.8. The molecule has 1 atom stereocenters. The minimum absolute atomic E-state index is 0.0896. The number of nitro groups is 1. The summed E-state index contributed by atoms with van der Waals surface area (Å²) in [6.45, 7) is 4.07. The normalized spacial score (nSPS) is 14.8. The van der Waals surface area contributed by atoms with E-state index in [0.717, 1.165) is 11.3 Å². The second-order valence-electron chi connectivity index (χ2n) is 9.03. The van der Waals surface area contributed by atoms with Gasteiger partial charge in [-0.1, -0.05) is 41.7 Å². The van der Waals surface area contributed by atoms with Gasteiger partial charge in [-0.3, -0.25) is 24.3 Å². The number of anilines is 1. The Kier molecular flexibility index (Phi) is 7.86. The summed E-state index contributed by atoms with van der Waals surface area (Å²) in [5.41, 5.74) is 1.35. The number of phenolic OH excluding ortho intramolecular Hbond substituents is 1. The van der Waals surface area contributed by atoms with E-state index in [4.69, 9.17) is 4.74 Å². The Hall–Kier alpha value is -4.55. The molecule has 1 aliphatic heterocycles. The number of thiazole rings is 1. The highest BCUT2D eigenvalue weighted by atomic mass is 79.9. The van der Waals surface area contributed by atoms with Crippen molar-refractivity contribution in [1.29, 1.82) is 0 Å². The molecule has 12 heteroatoms. The minimum Gasteiger partial charge on any atom is -0.506 e. The van der Waals surface area contributed by atoms with E-state index in [1.165, 1.54) is 22.8 Å². The Balaban J connectivity index is 1.69. The van der Waals surface area contributed by atoms with Crippen LogP contribution in [0, 0.1) is 10.1 Å². The van der Waals surface area contributed by atoms with Crippen molar-refractivity contribution < 1.29 is 19.6 Å². The van der Waals surface area contributed by atoms with Crippen LogP contribution in [0.2, 0.25) is 0 Å². The van der Waals surface area contributed by atoms with Crippen LogP contribution < -0.4 is 24.9 Å². The average molecular weight is 635 g/mol. The summed E-state index contributed by atoms with van der Waals surface area (Å²) in [6.07, 6.45) is 1.38. The van der Waals surface area contributed by atoms with Gasteiger partial charge in [-0.05, 0) is 65.7 Å². The first-order valence-corrected chi connectivity index (χ1v) is 14.1. The second-order valence-corrected chi connectivity index (χ2v) is 10.9. The van der Waals surface area contributed by atoms with Crippen LogP contribution >= 0.6 is 27.3 Å². The summed E-state index contributed by atoms with van der Waals surface area (Å²) in [5, 5.41) is 24.8. The first-order valence-electron chi connectivity index (χ1n) is 12.5. The molecule has 0 saturated carbocycles. The van der Waals surface area contributed by atoms with Gasteiger partial charge in [-0.25, -0.2) is 4.99 Å². The number of non-ortho nitro benzene ring substituents is 1. The number of amides is 1. The van der Waals surface area contributed by atoms with Crippen molar-refractivity contribution in [3.63, 3.8) is 0 Å². The molecule has 2 N–H and O–H groups in total. The smallest absolute Gasteiger partial charge is 0.271 e. The molecule has 1 aromatic heterocycles. The zero-order valence-corrected chi connectivity index (χ0v) is 24.2. The lowest BCUT2D eigenvalue weighted by Crippen LogP contribution is -2.40. The molecular formula is C29H23BrN4O6S. The number of nitrogens with one attached hydrogen (secondary N) is 1. The predicted molar refractivity (Wildman–Crippen MR) is 159 cm³/mol. The van der Waals surface area contributed by atoms with E-state index in [2.05, 4.69) is 26.2 Å². The highest BCUT2D eigenvalue weighted by Gasteiger charge is 2.32. The van der Waals surface area contributed by atoms with Crippen molar-refractivity contribution in [2.45, 2.75) is 19.9 Å². The topological polar surface area (TPSA) is 136 Å². The summed E-state index contributed by atoms with van der Waals surface area (Å²) in [7, 11) is 0. The number of fused-ring (bicyclic) bond motifs is 1. The Bertz CT molecular complexity index is 1880. The second kappa shape index (κ2) is 11.5. The molecule has 3 aromatic carbocycles. The molecule has 1 aliphatic rings. The summed E-state index contributed by atoms with van der Waals surface area (Å²) < 4.78 is 7.31. The van der Waals surface area contributed by atoms with Crippen LogP contribution in [-0.4, -0.2) is 27.1 Å². The summed E-state index contributed by atoms with van der Waals surface area (Å²) >= 11 is 4.19. The number of benzene rings is 3. The molecule has 5 rings (SSSR count). The Morgan fingerprint density at radius 3 is 2.59 bits per heavy atom. The zero-order chi connectivity index (χ0) is 29.3. The largest absolute Gasteiger partial charge is 0.506 e. The van der Waals surface area contributed by atoms with Gasteiger partial charge in [0.2, 0.25) is 0 Å². The van der Waals surface area contributed by atoms with Crippen molar-refractivity contribution in [2.24, 2.45) is 4.99 Å². The maximum atomic E-state index is 13.9. The van der Waals surface area contributed by atoms with Gasteiger partial charge in [0.1, 0.15) is 11.5 Å². The van der Waals surface area contributed by atoms with Crippen molar-refractivity contribution in [2.75, 3.05) is 11.9 Å². The molecule has 1 amide bonds. The number of hydrogen-bond acceptors (Lipinski definition) is 8. The number of para-hydroxylation sites is 1. The molecule has 0 fully saturated rings. The number of nitro benzene ring substituents is 1. The van der Waals surface area contributed by atoms with Gasteiger partial charge in [0, 0.05) is 23.4 Å². The number of halogens is 1. The van der Waals surface area contributed by atoms with Crippen LogP contribution in [0.5, 0.6) is 11.5 Å². The van der Waals surface area contributed by atoms with E-state index in [1.807, 2.05) is 13.0 Å². The van der Waals surface area contributed by atoms with Crippen molar-refractivity contribution in [1.82, 2.24) is 4.57 Å². The lowest BCUT2D eigenvalue weighted by atomic mass is 9.95. The number of ether oxygens (including phenoxy) is 1. The molecule has 0 radical (unpaired) electrons. The van der Waals surface area contributed by atoms with Crippen molar-refractivity contribution in [3.8, 4) is 11.5 Å². The van der Waals surface area contributed by atoms with E-state index in [1.54, 1.807) is 55.5 Å². The van der Waals surface area contributed by atoms with Gasteiger partial charge in [0.05, 0.1) is 37.8 Å². The number of aromatic nitrogens is 1. The molecule has 0 aliphatic carbocycles. The number of carbonyl (C=O) groups excluding carboxylic acids is 1. The summed E-state index contributed by atoms with van der Waals surface area (Å²) in [5.74, 6) is -0.0131. The Morgan fingerprint density at radius 1 is 1.22 bits per heavy atom. The first kappa shape index (κ1) is 28.0. The van der Waals surface area contributed by atoms with E-state index in [9.17, 15) is 24.8 Å². The van der Waals surface area contributed by atoms with Crippen LogP contribution in [0.1, 0.15) is 31.0 Å². The maximum Gasteiger partial charge on any atom is 0.271 e. The highest BCUT2D eigenvalue weighted by molar-refractivity contribution is 9.10. The minimum atomic E-state index is -0.821. The predicted octanol–water partition coefficient (Wildman–Crippen LogP) is 4.65. The van der Waals surface area contributed by atoms with Gasteiger partial charge in [-0.2, -0.15) is 0 Å². The van der Waals surface area contributed by atoms with Crippen LogP contribution in [0.3, 0.4) is 0 Å². The molecule has 10 nitrogen and oxygen atoms in total. The Labute approximate surface area is 245 Å². The maximum absolute atomic E-state index is 13.9. The first-order chi connectivity index (χ1) is 19.7. The highest BCUT2D eigenvalue weighted by Crippen LogP contribution is 2.34. The molecule has 41 heavy (non-hydrogen) atoms. The molecule has 208 valence electrons. The molecule has 0 spiro atoms. The van der Waals surface area contributed by atoms with Crippen LogP contribution in [-0.2, 0) is 4.79 Å². The van der Waals surface area contributed by atoms with Crippen LogP contribution in [0.4, 0.5) is 11.4 Å². The third-order valence-corrected chi connectivity index (χ3v) is 7.97. The fourth-order valence-corrected chi connectivity index (χ4v) is 6.02. The number of allylic oxidation sites excluding steroid dienone is 1. The lowest BCUT2D eigenvalue weighted by Gasteiger charge is -2.25.